The number of nitrogens with zero attached hydrogens (tertiary/aromatic N) is 2. The van der Waals surface area contributed by atoms with Gasteiger partial charge in [0.15, 0.2) is 0 Å². The number of aromatic nitrogens is 1. The maximum absolute atomic E-state index is 13.9. The first-order valence-corrected chi connectivity index (χ1v) is 14.6. The van der Waals surface area contributed by atoms with Crippen molar-refractivity contribution in [3.05, 3.63) is 53.9 Å². The van der Waals surface area contributed by atoms with Crippen molar-refractivity contribution in [1.82, 2.24) is 15.2 Å². The van der Waals surface area contributed by atoms with Crippen molar-refractivity contribution in [2.75, 3.05) is 27.2 Å². The predicted molar refractivity (Wildman–Crippen MR) is 164 cm³/mol. The minimum atomic E-state index is -1.23. The van der Waals surface area contributed by atoms with Crippen molar-refractivity contribution in [2.24, 2.45) is 17.1 Å². The normalized spacial score (nSPS) is 21.2. The summed E-state index contributed by atoms with van der Waals surface area (Å²) in [5, 5.41) is 9.51. The van der Waals surface area contributed by atoms with Crippen LogP contribution in [0.15, 0.2) is 48.3 Å². The number of aliphatic hydroxyl groups is 1. The van der Waals surface area contributed by atoms with E-state index in [1.54, 1.807) is 24.5 Å². The maximum atomic E-state index is 13.9. The van der Waals surface area contributed by atoms with Gasteiger partial charge >= 0.3 is 0 Å². The molecule has 228 valence electrons. The van der Waals surface area contributed by atoms with Crippen LogP contribution in [0.25, 0.3) is 0 Å². The Labute approximate surface area is 242 Å². The first-order chi connectivity index (χ1) is 19.1. The molecule has 2 fully saturated rings. The Bertz CT molecular complexity index is 863. The highest BCUT2D eigenvalue weighted by atomic mass is 19.1. The molecule has 1 aromatic heterocycles. The third-order valence-electron chi connectivity index (χ3n) is 6.80. The third-order valence-corrected chi connectivity index (χ3v) is 6.80. The Balaban J connectivity index is 0.000000734. The van der Waals surface area contributed by atoms with Gasteiger partial charge in [-0.1, -0.05) is 59.6 Å². The lowest BCUT2D eigenvalue weighted by Gasteiger charge is -2.34. The standard InChI is InChI=1S/C18H22FN3O.C6H12O.C5H11N.C2H6.CH4O/c19-16-4-3-15(11-17(16)22-12-23)18(20,8-5-13-1-2-13)14-6-9-21-10-7-14;1-6(2,3)4-5-7;1-6-4-2-3-5-6;2*1-2/h3-4,6-7,9-13,16-17H,1-2,5,8,20H2,(H,22,23);5H,4H2,1-3H3;2-5H2,1H3;1-2H3;2H,1H3. The molecule has 40 heavy (non-hydrogen) atoms. The number of hydrogen-bond acceptors (Lipinski definition) is 6. The summed E-state index contributed by atoms with van der Waals surface area (Å²) in [4.78, 5) is 26.9. The third kappa shape index (κ3) is 14.8. The van der Waals surface area contributed by atoms with Crippen molar-refractivity contribution in [1.29, 1.82) is 0 Å². The molecule has 3 aliphatic rings. The Kier molecular flexibility index (Phi) is 19.2. The molecule has 3 atom stereocenters. The minimum absolute atomic E-state index is 0.182. The van der Waals surface area contributed by atoms with E-state index >= 15 is 0 Å². The Morgan fingerprint density at radius 2 is 1.70 bits per heavy atom. The number of carbonyl (C=O) groups is 2. The molecule has 0 radical (unpaired) electrons. The van der Waals surface area contributed by atoms with Gasteiger partial charge in [-0.3, -0.25) is 9.78 Å². The summed E-state index contributed by atoms with van der Waals surface area (Å²) in [6.45, 7) is 12.8. The van der Waals surface area contributed by atoms with Crippen LogP contribution >= 0.6 is 0 Å². The fourth-order valence-electron chi connectivity index (χ4n) is 4.24. The average Bonchev–Trinajstić information content (AvgIpc) is 3.67. The van der Waals surface area contributed by atoms with Gasteiger partial charge in [0, 0.05) is 25.9 Å². The molecule has 2 aliphatic carbocycles. The van der Waals surface area contributed by atoms with E-state index in [0.29, 0.717) is 12.8 Å². The fourth-order valence-corrected chi connectivity index (χ4v) is 4.24. The number of nitrogens with one attached hydrogen (secondary N) is 1. The van der Waals surface area contributed by atoms with E-state index < -0.39 is 17.8 Å². The number of aliphatic hydroxyl groups excluding tert-OH is 1. The number of pyridine rings is 1. The molecule has 1 aromatic rings. The molecule has 2 heterocycles. The first kappa shape index (κ1) is 37.6. The molecule has 0 aromatic carbocycles. The Hall–Kier alpha value is -2.42. The van der Waals surface area contributed by atoms with E-state index in [2.05, 4.69) is 22.2 Å². The number of hydrogen-bond donors (Lipinski definition) is 3. The van der Waals surface area contributed by atoms with Crippen LogP contribution in [0.4, 0.5) is 4.39 Å². The molecule has 4 rings (SSSR count). The number of aldehydes is 1. The molecule has 8 heteroatoms. The number of amides is 1. The number of halogens is 1. The van der Waals surface area contributed by atoms with Crippen molar-refractivity contribution in [3.8, 4) is 0 Å². The van der Waals surface area contributed by atoms with Gasteiger partial charge in [0.1, 0.15) is 12.5 Å². The fraction of sp³-hybridized carbons (Fsp3) is 0.656. The number of rotatable bonds is 8. The monoisotopic (exact) mass is 562 g/mol. The van der Waals surface area contributed by atoms with E-state index in [-0.39, 0.29) is 5.41 Å². The highest BCUT2D eigenvalue weighted by Crippen LogP contribution is 2.41. The maximum Gasteiger partial charge on any atom is 0.207 e. The van der Waals surface area contributed by atoms with Gasteiger partial charge in [-0.2, -0.15) is 0 Å². The second-order valence-electron chi connectivity index (χ2n) is 11.4. The zero-order valence-corrected chi connectivity index (χ0v) is 25.9. The van der Waals surface area contributed by atoms with E-state index in [9.17, 15) is 14.0 Å². The summed E-state index contributed by atoms with van der Waals surface area (Å²) < 4.78 is 13.9. The van der Waals surface area contributed by atoms with Crippen LogP contribution in [0.3, 0.4) is 0 Å². The lowest BCUT2D eigenvalue weighted by atomic mass is 9.77. The number of carbonyl (C=O) groups excluding carboxylic acids is 2. The van der Waals surface area contributed by atoms with Crippen LogP contribution in [0.5, 0.6) is 0 Å². The van der Waals surface area contributed by atoms with Crippen molar-refractivity contribution in [2.45, 2.75) is 97.3 Å². The summed E-state index contributed by atoms with van der Waals surface area (Å²) in [6.07, 6.45) is 16.5. The zero-order valence-electron chi connectivity index (χ0n) is 25.9. The van der Waals surface area contributed by atoms with Gasteiger partial charge in [0.05, 0.1) is 11.6 Å². The predicted octanol–water partition coefficient (Wildman–Crippen LogP) is 5.34. The second kappa shape index (κ2) is 20.5. The van der Waals surface area contributed by atoms with E-state index in [1.165, 1.54) is 44.8 Å². The highest BCUT2D eigenvalue weighted by molar-refractivity contribution is 5.51. The lowest BCUT2D eigenvalue weighted by molar-refractivity contribution is -0.110. The molecular formula is C32H55FN4O3. The molecule has 4 N–H and O–H groups in total. The second-order valence-corrected chi connectivity index (χ2v) is 11.4. The zero-order chi connectivity index (χ0) is 30.6. The molecular weight excluding hydrogens is 507 g/mol. The minimum Gasteiger partial charge on any atom is -0.400 e. The molecule has 3 unspecified atom stereocenters. The molecule has 7 nitrogen and oxygen atoms in total. The van der Waals surface area contributed by atoms with Gasteiger partial charge in [-0.05, 0) is 86.5 Å². The summed E-state index contributed by atoms with van der Waals surface area (Å²) in [5.41, 5.74) is 8.09. The summed E-state index contributed by atoms with van der Waals surface area (Å²) in [5.74, 6) is 0.755. The van der Waals surface area contributed by atoms with Gasteiger partial charge < -0.3 is 25.9 Å². The van der Waals surface area contributed by atoms with E-state index in [1.807, 2.05) is 46.8 Å². The van der Waals surface area contributed by atoms with Crippen LogP contribution < -0.4 is 11.1 Å². The summed E-state index contributed by atoms with van der Waals surface area (Å²) in [7, 11) is 3.17. The summed E-state index contributed by atoms with van der Waals surface area (Å²) >= 11 is 0. The SMILES string of the molecule is CC.CC(C)(C)CC=O.CN1CCCC1.CO.NC(CCC1CC1)(C1=CC(NC=O)C(F)C=C1)c1ccncc1. The Morgan fingerprint density at radius 1 is 1.12 bits per heavy atom. The van der Waals surface area contributed by atoms with Crippen LogP contribution in [-0.2, 0) is 15.1 Å². The van der Waals surface area contributed by atoms with Gasteiger partial charge in [-0.25, -0.2) is 4.39 Å². The van der Waals surface area contributed by atoms with E-state index in [4.69, 9.17) is 10.8 Å². The number of nitrogens with two attached hydrogens (primary N) is 1. The van der Waals surface area contributed by atoms with Crippen LogP contribution in [0, 0.1) is 11.3 Å². The van der Waals surface area contributed by atoms with Crippen molar-refractivity contribution in [3.63, 3.8) is 0 Å². The highest BCUT2D eigenvalue weighted by Gasteiger charge is 2.35. The molecule has 0 spiro atoms. The number of likely N-dealkylation sites (tertiary alicyclic amines) is 1. The van der Waals surface area contributed by atoms with Crippen LogP contribution in [0.2, 0.25) is 0 Å². The van der Waals surface area contributed by atoms with Crippen LogP contribution in [-0.4, -0.2) is 67.1 Å². The molecule has 1 amide bonds. The van der Waals surface area contributed by atoms with E-state index in [0.717, 1.165) is 43.3 Å². The smallest absolute Gasteiger partial charge is 0.207 e. The molecule has 1 saturated carbocycles. The molecule has 1 aliphatic heterocycles. The van der Waals surface area contributed by atoms with Crippen LogP contribution in [0.1, 0.15) is 85.1 Å². The quantitative estimate of drug-likeness (QED) is 0.369. The largest absolute Gasteiger partial charge is 0.400 e. The Morgan fingerprint density at radius 3 is 2.10 bits per heavy atom. The molecule has 1 saturated heterocycles. The number of alkyl halides is 1. The van der Waals surface area contributed by atoms with Crippen molar-refractivity contribution >= 4 is 12.7 Å². The lowest BCUT2D eigenvalue weighted by Crippen LogP contribution is -2.43. The van der Waals surface area contributed by atoms with Crippen molar-refractivity contribution < 1.29 is 19.1 Å². The summed E-state index contributed by atoms with van der Waals surface area (Å²) in [6, 6.07) is 3.15. The topological polar surface area (TPSA) is 109 Å². The van der Waals surface area contributed by atoms with Gasteiger partial charge in [0.2, 0.25) is 6.41 Å². The van der Waals surface area contributed by atoms with Gasteiger partial charge in [-0.15, -0.1) is 0 Å². The molecule has 0 bridgehead atoms. The average molecular weight is 563 g/mol. The van der Waals surface area contributed by atoms with Gasteiger partial charge in [0.25, 0.3) is 0 Å². The first-order valence-electron chi connectivity index (χ1n) is 14.6.